The lowest BCUT2D eigenvalue weighted by Gasteiger charge is -2.08. The largest absolute Gasteiger partial charge is 0.376 e. The normalized spacial score (nSPS) is 10.8. The Balaban J connectivity index is 1.72. The summed E-state index contributed by atoms with van der Waals surface area (Å²) in [7, 11) is 0. The SMILES string of the molecule is O=c1c([N+](=O)[O-])c(NCCCCn2cnnc2)nc2ccccn12. The Hall–Kier alpha value is -3.30. The standard InChI is InChI=1S/C14H15N7O3/c22-14-12(21(23)24)13(18-11-5-1-3-8-20(11)14)15-6-2-4-7-19-9-16-17-10-19/h1,3,5,8-10,15H,2,4,6-7H2. The quantitative estimate of drug-likeness (QED) is 0.391. The van der Waals surface area contributed by atoms with Crippen LogP contribution in [0.2, 0.25) is 0 Å². The molecule has 3 rings (SSSR count). The zero-order valence-electron chi connectivity index (χ0n) is 12.7. The van der Waals surface area contributed by atoms with Crippen LogP contribution in [0.1, 0.15) is 12.8 Å². The molecule has 3 aromatic heterocycles. The second-order valence-electron chi connectivity index (χ2n) is 5.13. The fourth-order valence-corrected chi connectivity index (χ4v) is 2.33. The first-order chi connectivity index (χ1) is 11.7. The van der Waals surface area contributed by atoms with Gasteiger partial charge in [0.2, 0.25) is 5.82 Å². The van der Waals surface area contributed by atoms with E-state index in [1.54, 1.807) is 30.9 Å². The van der Waals surface area contributed by atoms with Gasteiger partial charge in [0, 0.05) is 19.3 Å². The number of nitrogens with one attached hydrogen (secondary N) is 1. The average molecular weight is 329 g/mol. The van der Waals surface area contributed by atoms with Crippen molar-refractivity contribution >= 4 is 17.2 Å². The highest BCUT2D eigenvalue weighted by Gasteiger charge is 2.22. The maximum Gasteiger partial charge on any atom is 0.376 e. The van der Waals surface area contributed by atoms with Crippen LogP contribution in [0.4, 0.5) is 11.5 Å². The van der Waals surface area contributed by atoms with Gasteiger partial charge in [-0.3, -0.25) is 19.3 Å². The highest BCUT2D eigenvalue weighted by Crippen LogP contribution is 2.18. The number of nitro groups is 1. The van der Waals surface area contributed by atoms with Crippen molar-refractivity contribution in [2.45, 2.75) is 19.4 Å². The Kier molecular flexibility index (Phi) is 4.45. The van der Waals surface area contributed by atoms with E-state index in [-0.39, 0.29) is 5.82 Å². The molecule has 0 unspecified atom stereocenters. The Bertz CT molecular complexity index is 904. The predicted octanol–water partition coefficient (Wildman–Crippen LogP) is 1.09. The van der Waals surface area contributed by atoms with Gasteiger partial charge in [0.1, 0.15) is 18.3 Å². The minimum atomic E-state index is -0.700. The van der Waals surface area contributed by atoms with Gasteiger partial charge < -0.3 is 9.88 Å². The number of pyridine rings is 1. The molecule has 0 aliphatic rings. The molecule has 0 saturated carbocycles. The molecule has 0 radical (unpaired) electrons. The van der Waals surface area contributed by atoms with E-state index in [4.69, 9.17) is 0 Å². The van der Waals surface area contributed by atoms with E-state index in [1.165, 1.54) is 6.20 Å². The highest BCUT2D eigenvalue weighted by atomic mass is 16.6. The van der Waals surface area contributed by atoms with Crippen LogP contribution in [-0.4, -0.2) is 35.6 Å². The molecule has 0 aliphatic heterocycles. The zero-order chi connectivity index (χ0) is 16.9. The zero-order valence-corrected chi connectivity index (χ0v) is 12.7. The van der Waals surface area contributed by atoms with Gasteiger partial charge in [-0.05, 0) is 25.0 Å². The first-order valence-electron chi connectivity index (χ1n) is 7.39. The van der Waals surface area contributed by atoms with Crippen LogP contribution in [0.15, 0.2) is 41.8 Å². The number of hydrogen-bond acceptors (Lipinski definition) is 7. The van der Waals surface area contributed by atoms with E-state index < -0.39 is 16.2 Å². The molecule has 24 heavy (non-hydrogen) atoms. The van der Waals surface area contributed by atoms with Crippen LogP contribution < -0.4 is 10.9 Å². The first kappa shape index (κ1) is 15.6. The van der Waals surface area contributed by atoms with Gasteiger partial charge in [-0.25, -0.2) is 4.98 Å². The Morgan fingerprint density at radius 3 is 2.75 bits per heavy atom. The molecule has 124 valence electrons. The molecule has 0 fully saturated rings. The topological polar surface area (TPSA) is 120 Å². The number of fused-ring (bicyclic) bond motifs is 1. The van der Waals surface area contributed by atoms with Crippen molar-refractivity contribution in [2.75, 3.05) is 11.9 Å². The van der Waals surface area contributed by atoms with Crippen molar-refractivity contribution in [1.82, 2.24) is 24.1 Å². The van der Waals surface area contributed by atoms with Crippen LogP contribution in [0.5, 0.6) is 0 Å². The molecule has 0 amide bonds. The number of unbranched alkanes of at least 4 members (excludes halogenated alkanes) is 1. The van der Waals surface area contributed by atoms with Crippen molar-refractivity contribution in [3.8, 4) is 0 Å². The maximum absolute atomic E-state index is 12.3. The number of hydrogen-bond donors (Lipinski definition) is 1. The summed E-state index contributed by atoms with van der Waals surface area (Å²) in [5.74, 6) is 0.000461. The van der Waals surface area contributed by atoms with Crippen LogP contribution in [0.25, 0.3) is 5.65 Å². The lowest BCUT2D eigenvalue weighted by Crippen LogP contribution is -2.21. The van der Waals surface area contributed by atoms with Crippen molar-refractivity contribution < 1.29 is 4.92 Å². The van der Waals surface area contributed by atoms with Crippen LogP contribution in [-0.2, 0) is 6.54 Å². The van der Waals surface area contributed by atoms with Gasteiger partial charge in [0.25, 0.3) is 0 Å². The van der Waals surface area contributed by atoms with E-state index in [1.807, 2.05) is 4.57 Å². The van der Waals surface area contributed by atoms with Crippen molar-refractivity contribution in [3.63, 3.8) is 0 Å². The highest BCUT2D eigenvalue weighted by molar-refractivity contribution is 5.59. The van der Waals surface area contributed by atoms with Crippen molar-refractivity contribution in [1.29, 1.82) is 0 Å². The summed E-state index contributed by atoms with van der Waals surface area (Å²) >= 11 is 0. The third-order valence-corrected chi connectivity index (χ3v) is 3.50. The third-order valence-electron chi connectivity index (χ3n) is 3.50. The van der Waals surface area contributed by atoms with Gasteiger partial charge >= 0.3 is 11.2 Å². The molecule has 0 atom stereocenters. The molecular weight excluding hydrogens is 314 g/mol. The average Bonchev–Trinajstić information content (AvgIpc) is 3.07. The number of aromatic nitrogens is 5. The van der Waals surface area contributed by atoms with Crippen molar-refractivity contribution in [2.24, 2.45) is 0 Å². The molecule has 0 spiro atoms. The predicted molar refractivity (Wildman–Crippen MR) is 85.9 cm³/mol. The summed E-state index contributed by atoms with van der Waals surface area (Å²) in [6, 6.07) is 4.97. The summed E-state index contributed by atoms with van der Waals surface area (Å²) in [5.41, 5.74) is -0.879. The Morgan fingerprint density at radius 1 is 1.21 bits per heavy atom. The number of anilines is 1. The number of rotatable bonds is 7. The van der Waals surface area contributed by atoms with Crippen LogP contribution in [0.3, 0.4) is 0 Å². The van der Waals surface area contributed by atoms with E-state index >= 15 is 0 Å². The first-order valence-corrected chi connectivity index (χ1v) is 7.39. The molecule has 0 saturated heterocycles. The van der Waals surface area contributed by atoms with Crippen LogP contribution >= 0.6 is 0 Å². The molecule has 0 bridgehead atoms. The monoisotopic (exact) mass is 329 g/mol. The van der Waals surface area contributed by atoms with Crippen LogP contribution in [0, 0.1) is 10.1 Å². The third kappa shape index (κ3) is 3.21. The summed E-state index contributed by atoms with van der Waals surface area (Å²) in [5, 5.41) is 21.6. The molecule has 0 aromatic carbocycles. The van der Waals surface area contributed by atoms with Crippen molar-refractivity contribution in [3.05, 3.63) is 57.5 Å². The molecular formula is C14H15N7O3. The van der Waals surface area contributed by atoms with Gasteiger partial charge in [-0.2, -0.15) is 0 Å². The lowest BCUT2D eigenvalue weighted by atomic mass is 10.3. The number of aryl methyl sites for hydroxylation is 1. The molecule has 1 N–H and O–H groups in total. The Labute approximate surface area is 135 Å². The van der Waals surface area contributed by atoms with Gasteiger partial charge in [-0.1, -0.05) is 6.07 Å². The molecule has 10 nitrogen and oxygen atoms in total. The summed E-state index contributed by atoms with van der Waals surface area (Å²) in [4.78, 5) is 27.0. The van der Waals surface area contributed by atoms with E-state index in [0.717, 1.165) is 23.8 Å². The number of nitrogens with zero attached hydrogens (tertiary/aromatic N) is 6. The maximum atomic E-state index is 12.3. The van der Waals surface area contributed by atoms with E-state index in [0.29, 0.717) is 12.2 Å². The van der Waals surface area contributed by atoms with E-state index in [9.17, 15) is 14.9 Å². The Morgan fingerprint density at radius 2 is 2.00 bits per heavy atom. The molecule has 3 heterocycles. The summed E-state index contributed by atoms with van der Waals surface area (Å²) in [6.07, 6.45) is 6.31. The minimum Gasteiger partial charge on any atom is -0.364 e. The molecule has 0 aliphatic carbocycles. The fraction of sp³-hybridized carbons (Fsp3) is 0.286. The van der Waals surface area contributed by atoms with Gasteiger partial charge in [-0.15, -0.1) is 10.2 Å². The van der Waals surface area contributed by atoms with E-state index in [2.05, 4.69) is 20.5 Å². The second kappa shape index (κ2) is 6.86. The minimum absolute atomic E-state index is 0.000461. The fourth-order valence-electron chi connectivity index (χ4n) is 2.33. The second-order valence-corrected chi connectivity index (χ2v) is 5.13. The smallest absolute Gasteiger partial charge is 0.364 e. The molecule has 3 aromatic rings. The summed E-state index contributed by atoms with van der Waals surface area (Å²) < 4.78 is 3.01. The van der Waals surface area contributed by atoms with Gasteiger partial charge in [0.05, 0.1) is 4.92 Å². The van der Waals surface area contributed by atoms with Gasteiger partial charge in [0.15, 0.2) is 0 Å². The molecule has 10 heteroatoms. The summed E-state index contributed by atoms with van der Waals surface area (Å²) in [6.45, 7) is 1.23. The lowest BCUT2D eigenvalue weighted by molar-refractivity contribution is -0.385.